The van der Waals surface area contributed by atoms with Crippen LogP contribution in [0.4, 0.5) is 0 Å². The van der Waals surface area contributed by atoms with Gasteiger partial charge in [-0.1, -0.05) is 6.07 Å². The van der Waals surface area contributed by atoms with Crippen LogP contribution in [0.25, 0.3) is 0 Å². The smallest absolute Gasteiger partial charge is 0.240 e. The molecule has 0 aromatic heterocycles. The molecule has 0 unspecified atom stereocenters. The summed E-state index contributed by atoms with van der Waals surface area (Å²) in [5.41, 5.74) is 6.31. The third-order valence-electron chi connectivity index (χ3n) is 3.51. The topological polar surface area (TPSA) is 73.6 Å². The summed E-state index contributed by atoms with van der Waals surface area (Å²) in [7, 11) is 1.62. The highest BCUT2D eigenvalue weighted by molar-refractivity contribution is 9.10. The van der Waals surface area contributed by atoms with Gasteiger partial charge in [-0.15, -0.1) is 0 Å². The molecule has 0 atom stereocenters. The lowest BCUT2D eigenvalue weighted by atomic mass is 9.90. The fourth-order valence-electron chi connectivity index (χ4n) is 2.14. The third-order valence-corrected chi connectivity index (χ3v) is 4.13. The van der Waals surface area contributed by atoms with Crippen molar-refractivity contribution < 1.29 is 14.3 Å². The molecular weight excluding hydrogens is 324 g/mol. The Hall–Kier alpha value is -1.11. The number of halogens is 1. The maximum atomic E-state index is 12.2. The highest BCUT2D eigenvalue weighted by Crippen LogP contribution is 2.25. The van der Waals surface area contributed by atoms with E-state index >= 15 is 0 Å². The lowest BCUT2D eigenvalue weighted by Crippen LogP contribution is -2.56. The van der Waals surface area contributed by atoms with Crippen molar-refractivity contribution >= 4 is 21.8 Å². The van der Waals surface area contributed by atoms with Crippen LogP contribution in [-0.2, 0) is 16.1 Å². The lowest BCUT2D eigenvalue weighted by Gasteiger charge is -2.31. The molecule has 1 aliphatic rings. The predicted octanol–water partition coefficient (Wildman–Crippen LogP) is 1.58. The molecule has 0 radical (unpaired) electrons. The average Bonchev–Trinajstić information content (AvgIpc) is 2.45. The minimum atomic E-state index is -0.804. The van der Waals surface area contributed by atoms with Gasteiger partial charge in [0.2, 0.25) is 5.91 Å². The molecule has 0 spiro atoms. The molecule has 1 heterocycles. The number of methoxy groups -OCH3 is 1. The molecule has 20 heavy (non-hydrogen) atoms. The van der Waals surface area contributed by atoms with Crippen LogP contribution in [0.2, 0.25) is 0 Å². The van der Waals surface area contributed by atoms with Crippen molar-refractivity contribution in [2.24, 2.45) is 5.73 Å². The molecule has 0 saturated carbocycles. The monoisotopic (exact) mass is 342 g/mol. The molecule has 0 bridgehead atoms. The standard InChI is InChI=1S/C14H19BrN2O3/c1-19-12-3-2-10(8-11(12)15)9-17-13(18)14(16)4-6-20-7-5-14/h2-3,8H,4-7,9,16H2,1H3,(H,17,18). The van der Waals surface area contributed by atoms with Gasteiger partial charge in [0.1, 0.15) is 5.75 Å². The molecule has 1 aromatic rings. The van der Waals surface area contributed by atoms with Gasteiger partial charge in [0.25, 0.3) is 0 Å². The number of hydrogen-bond donors (Lipinski definition) is 2. The Morgan fingerprint density at radius 2 is 2.20 bits per heavy atom. The number of hydrogen-bond acceptors (Lipinski definition) is 4. The highest BCUT2D eigenvalue weighted by atomic mass is 79.9. The van der Waals surface area contributed by atoms with Gasteiger partial charge in [-0.25, -0.2) is 0 Å². The fourth-order valence-corrected chi connectivity index (χ4v) is 2.73. The van der Waals surface area contributed by atoms with E-state index in [4.69, 9.17) is 15.2 Å². The first-order valence-corrected chi connectivity index (χ1v) is 7.32. The first-order valence-electron chi connectivity index (χ1n) is 6.52. The largest absolute Gasteiger partial charge is 0.496 e. The molecule has 5 nitrogen and oxygen atoms in total. The van der Waals surface area contributed by atoms with E-state index in [1.807, 2.05) is 18.2 Å². The molecular formula is C14H19BrN2O3. The Bertz CT molecular complexity index is 487. The van der Waals surface area contributed by atoms with Crippen molar-refractivity contribution in [3.63, 3.8) is 0 Å². The van der Waals surface area contributed by atoms with Gasteiger partial charge in [-0.3, -0.25) is 4.79 Å². The van der Waals surface area contributed by atoms with Crippen molar-refractivity contribution in [2.45, 2.75) is 24.9 Å². The van der Waals surface area contributed by atoms with Gasteiger partial charge in [0.15, 0.2) is 0 Å². The van der Waals surface area contributed by atoms with Crippen molar-refractivity contribution in [2.75, 3.05) is 20.3 Å². The minimum Gasteiger partial charge on any atom is -0.496 e. The Morgan fingerprint density at radius 3 is 2.80 bits per heavy atom. The highest BCUT2D eigenvalue weighted by Gasteiger charge is 2.35. The molecule has 1 amide bonds. The third kappa shape index (κ3) is 3.50. The lowest BCUT2D eigenvalue weighted by molar-refractivity contribution is -0.129. The first kappa shape index (κ1) is 15.3. The Morgan fingerprint density at radius 1 is 1.50 bits per heavy atom. The summed E-state index contributed by atoms with van der Waals surface area (Å²) in [6.45, 7) is 1.53. The van der Waals surface area contributed by atoms with E-state index in [-0.39, 0.29) is 5.91 Å². The fraction of sp³-hybridized carbons (Fsp3) is 0.500. The van der Waals surface area contributed by atoms with Crippen molar-refractivity contribution in [3.8, 4) is 5.75 Å². The number of nitrogens with one attached hydrogen (secondary N) is 1. The summed E-state index contributed by atoms with van der Waals surface area (Å²) in [4.78, 5) is 12.2. The molecule has 0 aliphatic carbocycles. The molecule has 6 heteroatoms. The van der Waals surface area contributed by atoms with E-state index in [0.717, 1.165) is 15.8 Å². The maximum Gasteiger partial charge on any atom is 0.240 e. The normalized spacial score (nSPS) is 17.6. The summed E-state index contributed by atoms with van der Waals surface area (Å²) in [6.07, 6.45) is 1.12. The Balaban J connectivity index is 1.94. The molecule has 1 fully saturated rings. The number of carbonyl (C=O) groups is 1. The zero-order chi connectivity index (χ0) is 14.6. The summed E-state index contributed by atoms with van der Waals surface area (Å²) in [5.74, 6) is 0.646. The summed E-state index contributed by atoms with van der Waals surface area (Å²) in [6, 6.07) is 5.70. The summed E-state index contributed by atoms with van der Waals surface area (Å²) >= 11 is 3.42. The van der Waals surface area contributed by atoms with Gasteiger partial charge in [-0.05, 0) is 46.5 Å². The van der Waals surface area contributed by atoms with Crippen LogP contribution in [0, 0.1) is 0 Å². The molecule has 2 rings (SSSR count). The van der Waals surface area contributed by atoms with Gasteiger partial charge in [0, 0.05) is 19.8 Å². The van der Waals surface area contributed by atoms with Gasteiger partial charge < -0.3 is 20.5 Å². The zero-order valence-electron chi connectivity index (χ0n) is 11.4. The second-order valence-electron chi connectivity index (χ2n) is 4.92. The van der Waals surface area contributed by atoms with Crippen LogP contribution in [0.3, 0.4) is 0 Å². The predicted molar refractivity (Wildman–Crippen MR) is 79.5 cm³/mol. The van der Waals surface area contributed by atoms with Gasteiger partial charge in [-0.2, -0.15) is 0 Å². The number of nitrogens with two attached hydrogens (primary N) is 1. The van der Waals surface area contributed by atoms with Crippen molar-refractivity contribution in [3.05, 3.63) is 28.2 Å². The molecule has 1 aromatic carbocycles. The SMILES string of the molecule is COc1ccc(CNC(=O)C2(N)CCOCC2)cc1Br. The second kappa shape index (κ2) is 6.56. The van der Waals surface area contributed by atoms with Crippen molar-refractivity contribution in [1.29, 1.82) is 0 Å². The van der Waals surface area contributed by atoms with E-state index in [1.165, 1.54) is 0 Å². The van der Waals surface area contributed by atoms with Gasteiger partial charge in [0.05, 0.1) is 17.1 Å². The number of benzene rings is 1. The van der Waals surface area contributed by atoms with Crippen LogP contribution in [0.1, 0.15) is 18.4 Å². The average molecular weight is 343 g/mol. The first-order chi connectivity index (χ1) is 9.55. The van der Waals surface area contributed by atoms with Crippen LogP contribution in [-0.4, -0.2) is 31.8 Å². The van der Waals surface area contributed by atoms with E-state index < -0.39 is 5.54 Å². The number of carbonyl (C=O) groups excluding carboxylic acids is 1. The quantitative estimate of drug-likeness (QED) is 0.871. The van der Waals surface area contributed by atoms with Crippen LogP contribution >= 0.6 is 15.9 Å². The molecule has 1 aliphatic heterocycles. The van der Waals surface area contributed by atoms with E-state index in [1.54, 1.807) is 7.11 Å². The molecule has 110 valence electrons. The summed E-state index contributed by atoms with van der Waals surface area (Å²) < 4.78 is 11.3. The molecule has 1 saturated heterocycles. The number of amides is 1. The minimum absolute atomic E-state index is 0.118. The van der Waals surface area contributed by atoms with Crippen LogP contribution < -0.4 is 15.8 Å². The Labute approximate surface area is 126 Å². The number of ether oxygens (including phenoxy) is 2. The maximum absolute atomic E-state index is 12.2. The Kier molecular flexibility index (Phi) is 5.01. The molecule has 3 N–H and O–H groups in total. The van der Waals surface area contributed by atoms with Crippen LogP contribution in [0.15, 0.2) is 22.7 Å². The second-order valence-corrected chi connectivity index (χ2v) is 5.77. The van der Waals surface area contributed by atoms with Gasteiger partial charge >= 0.3 is 0 Å². The number of rotatable bonds is 4. The zero-order valence-corrected chi connectivity index (χ0v) is 13.0. The van der Waals surface area contributed by atoms with Crippen LogP contribution in [0.5, 0.6) is 5.75 Å². The van der Waals surface area contributed by atoms with E-state index in [9.17, 15) is 4.79 Å². The summed E-state index contributed by atoms with van der Waals surface area (Å²) in [5, 5.41) is 2.89. The van der Waals surface area contributed by atoms with E-state index in [0.29, 0.717) is 32.6 Å². The van der Waals surface area contributed by atoms with Crippen molar-refractivity contribution in [1.82, 2.24) is 5.32 Å². The van der Waals surface area contributed by atoms with E-state index in [2.05, 4.69) is 21.2 Å².